The number of imide groups is 1. The Morgan fingerprint density at radius 2 is 2.00 bits per heavy atom. The van der Waals surface area contributed by atoms with E-state index < -0.39 is 39.1 Å². The summed E-state index contributed by atoms with van der Waals surface area (Å²) in [5.41, 5.74) is 0. The second-order valence-electron chi connectivity index (χ2n) is 5.18. The van der Waals surface area contributed by atoms with Crippen LogP contribution in [0.5, 0.6) is 0 Å². The molecule has 1 fully saturated rings. The summed E-state index contributed by atoms with van der Waals surface area (Å²) in [6.45, 7) is 4.79. The van der Waals surface area contributed by atoms with Gasteiger partial charge in [0.25, 0.3) is 21.9 Å². The van der Waals surface area contributed by atoms with Crippen LogP contribution in [0.2, 0.25) is 0 Å². The maximum absolute atomic E-state index is 11.8. The van der Waals surface area contributed by atoms with Crippen molar-refractivity contribution in [1.82, 2.24) is 5.06 Å². The fraction of sp³-hybridized carbons (Fsp3) is 0.727. The number of nitrogens with zero attached hydrogens (tertiary/aromatic N) is 1. The number of hydrogen-bond acceptors (Lipinski definition) is 6. The number of rotatable bonds is 5. The van der Waals surface area contributed by atoms with Crippen molar-refractivity contribution in [1.29, 1.82) is 0 Å². The lowest BCUT2D eigenvalue weighted by molar-refractivity contribution is -0.198. The van der Waals surface area contributed by atoms with Crippen LogP contribution in [0.1, 0.15) is 33.6 Å². The smallest absolute Gasteiger partial charge is 0.329 e. The molecule has 0 bridgehead atoms. The predicted octanol–water partition coefficient (Wildman–Crippen LogP) is 0.142. The van der Waals surface area contributed by atoms with Gasteiger partial charge in [-0.05, 0) is 12.3 Å². The van der Waals surface area contributed by atoms with Gasteiger partial charge in [-0.25, -0.2) is 4.79 Å². The average molecular weight is 307 g/mol. The molecule has 9 heteroatoms. The SMILES string of the molecule is CC(C)CC(C(=O)ON1C(=O)CC(C)C1=O)S(=O)(=O)O. The summed E-state index contributed by atoms with van der Waals surface area (Å²) < 4.78 is 31.4. The van der Waals surface area contributed by atoms with Gasteiger partial charge >= 0.3 is 5.97 Å². The van der Waals surface area contributed by atoms with Crippen LogP contribution in [-0.4, -0.2) is 41.1 Å². The summed E-state index contributed by atoms with van der Waals surface area (Å²) in [7, 11) is -4.67. The first-order valence-corrected chi connectivity index (χ1v) is 7.59. The lowest BCUT2D eigenvalue weighted by atomic mass is 10.1. The number of amides is 2. The summed E-state index contributed by atoms with van der Waals surface area (Å²) >= 11 is 0. The van der Waals surface area contributed by atoms with Crippen molar-refractivity contribution >= 4 is 27.9 Å². The molecule has 8 nitrogen and oxygen atoms in total. The van der Waals surface area contributed by atoms with E-state index in [0.717, 1.165) is 0 Å². The van der Waals surface area contributed by atoms with Crippen LogP contribution >= 0.6 is 0 Å². The molecule has 1 N–H and O–H groups in total. The summed E-state index contributed by atoms with van der Waals surface area (Å²) in [5, 5.41) is -1.55. The average Bonchev–Trinajstić information content (AvgIpc) is 2.51. The molecule has 2 atom stereocenters. The van der Waals surface area contributed by atoms with Gasteiger partial charge in [0.15, 0.2) is 5.25 Å². The zero-order chi connectivity index (χ0) is 15.7. The van der Waals surface area contributed by atoms with E-state index in [1.165, 1.54) is 6.92 Å². The molecule has 0 aliphatic carbocycles. The minimum Gasteiger partial charge on any atom is -0.329 e. The van der Waals surface area contributed by atoms with Gasteiger partial charge in [-0.1, -0.05) is 20.8 Å². The largest absolute Gasteiger partial charge is 0.353 e. The summed E-state index contributed by atoms with van der Waals surface area (Å²) in [6, 6.07) is 0. The minimum absolute atomic E-state index is 0.104. The van der Waals surface area contributed by atoms with Crippen LogP contribution in [0.4, 0.5) is 0 Å². The Balaban J connectivity index is 2.87. The fourth-order valence-electron chi connectivity index (χ4n) is 1.77. The molecule has 20 heavy (non-hydrogen) atoms. The third-order valence-electron chi connectivity index (χ3n) is 2.82. The molecular formula is C11H17NO7S. The predicted molar refractivity (Wildman–Crippen MR) is 66.5 cm³/mol. The maximum Gasteiger partial charge on any atom is 0.353 e. The van der Waals surface area contributed by atoms with Crippen molar-refractivity contribution in [2.75, 3.05) is 0 Å². The van der Waals surface area contributed by atoms with Crippen molar-refractivity contribution < 1.29 is 32.2 Å². The second-order valence-corrected chi connectivity index (χ2v) is 6.77. The Kier molecular flexibility index (Phi) is 4.87. The lowest BCUT2D eigenvalue weighted by Gasteiger charge is -2.18. The zero-order valence-electron chi connectivity index (χ0n) is 11.4. The molecule has 1 heterocycles. The quantitative estimate of drug-likeness (QED) is 0.567. The first kappa shape index (κ1) is 16.6. The molecule has 0 radical (unpaired) electrons. The van der Waals surface area contributed by atoms with Gasteiger partial charge in [-0.15, -0.1) is 5.06 Å². The maximum atomic E-state index is 11.8. The fourth-order valence-corrected chi connectivity index (χ4v) is 2.68. The van der Waals surface area contributed by atoms with Crippen molar-refractivity contribution in [3.05, 3.63) is 0 Å². The van der Waals surface area contributed by atoms with Crippen LogP contribution in [0.25, 0.3) is 0 Å². The molecule has 0 saturated carbocycles. The first-order chi connectivity index (χ1) is 9.04. The molecule has 0 aromatic carbocycles. The van der Waals surface area contributed by atoms with Crippen LogP contribution < -0.4 is 0 Å². The van der Waals surface area contributed by atoms with E-state index in [4.69, 9.17) is 4.55 Å². The molecule has 114 valence electrons. The van der Waals surface area contributed by atoms with Gasteiger partial charge in [0, 0.05) is 12.3 Å². The Hall–Kier alpha value is -1.48. The van der Waals surface area contributed by atoms with Crippen molar-refractivity contribution in [3.63, 3.8) is 0 Å². The van der Waals surface area contributed by atoms with E-state index in [1.807, 2.05) is 0 Å². The summed E-state index contributed by atoms with van der Waals surface area (Å²) in [5.74, 6) is -3.59. The van der Waals surface area contributed by atoms with Gasteiger partial charge in [-0.2, -0.15) is 8.42 Å². The van der Waals surface area contributed by atoms with E-state index in [1.54, 1.807) is 13.8 Å². The minimum atomic E-state index is -4.67. The Morgan fingerprint density at radius 1 is 1.45 bits per heavy atom. The molecule has 1 aliphatic heterocycles. The van der Waals surface area contributed by atoms with Crippen molar-refractivity contribution in [2.45, 2.75) is 38.9 Å². The highest BCUT2D eigenvalue weighted by atomic mass is 32.2. The standard InChI is InChI=1S/C11H17NO7S/c1-6(2)4-8(20(16,17)18)11(15)19-12-9(13)5-7(3)10(12)14/h6-8H,4-5H2,1-3H3,(H,16,17,18). The molecular weight excluding hydrogens is 290 g/mol. The van der Waals surface area contributed by atoms with Crippen LogP contribution in [-0.2, 0) is 29.3 Å². The molecule has 0 aromatic rings. The third kappa shape index (κ3) is 3.76. The highest BCUT2D eigenvalue weighted by Gasteiger charge is 2.42. The van der Waals surface area contributed by atoms with Gasteiger partial charge in [0.2, 0.25) is 0 Å². The topological polar surface area (TPSA) is 118 Å². The molecule has 1 aliphatic rings. The number of hydrogen-bond donors (Lipinski definition) is 1. The molecule has 2 amide bonds. The highest BCUT2D eigenvalue weighted by molar-refractivity contribution is 7.87. The second kappa shape index (κ2) is 5.88. The zero-order valence-corrected chi connectivity index (χ0v) is 12.2. The molecule has 1 saturated heterocycles. The van der Waals surface area contributed by atoms with Gasteiger partial charge in [-0.3, -0.25) is 14.1 Å². The van der Waals surface area contributed by atoms with E-state index >= 15 is 0 Å². The van der Waals surface area contributed by atoms with Crippen LogP contribution in [0.3, 0.4) is 0 Å². The van der Waals surface area contributed by atoms with Gasteiger partial charge in [0.1, 0.15) is 0 Å². The number of carbonyl (C=O) groups excluding carboxylic acids is 3. The van der Waals surface area contributed by atoms with Crippen LogP contribution in [0.15, 0.2) is 0 Å². The van der Waals surface area contributed by atoms with Crippen molar-refractivity contribution in [3.8, 4) is 0 Å². The molecule has 0 aromatic heterocycles. The summed E-state index contributed by atoms with van der Waals surface area (Å²) in [6.07, 6.45) is -0.281. The number of carbonyl (C=O) groups is 3. The molecule has 2 unspecified atom stereocenters. The first-order valence-electron chi connectivity index (χ1n) is 6.09. The van der Waals surface area contributed by atoms with E-state index in [2.05, 4.69) is 4.84 Å². The van der Waals surface area contributed by atoms with E-state index in [0.29, 0.717) is 0 Å². The Labute approximate surface area is 116 Å². The van der Waals surface area contributed by atoms with Gasteiger partial charge in [0.05, 0.1) is 0 Å². The monoisotopic (exact) mass is 307 g/mol. The molecule has 0 spiro atoms. The van der Waals surface area contributed by atoms with E-state index in [9.17, 15) is 22.8 Å². The van der Waals surface area contributed by atoms with Gasteiger partial charge < -0.3 is 4.84 Å². The highest BCUT2D eigenvalue weighted by Crippen LogP contribution is 2.21. The van der Waals surface area contributed by atoms with Crippen molar-refractivity contribution in [2.24, 2.45) is 11.8 Å². The van der Waals surface area contributed by atoms with Crippen LogP contribution in [0, 0.1) is 11.8 Å². The van der Waals surface area contributed by atoms with E-state index in [-0.39, 0.29) is 23.8 Å². The Bertz CT molecular complexity index is 525. The molecule has 1 rings (SSSR count). The lowest BCUT2D eigenvalue weighted by Crippen LogP contribution is -2.40. The number of hydroxylamine groups is 2. The normalized spacial score (nSPS) is 21.4. The Morgan fingerprint density at radius 3 is 2.35 bits per heavy atom. The third-order valence-corrected chi connectivity index (χ3v) is 3.92. The summed E-state index contributed by atoms with van der Waals surface area (Å²) in [4.78, 5) is 39.3.